The number of likely N-dealkylation sites (tertiary alicyclic amines) is 1. The summed E-state index contributed by atoms with van der Waals surface area (Å²) in [5.41, 5.74) is 4.92. The third kappa shape index (κ3) is 3.42. The van der Waals surface area contributed by atoms with Crippen molar-refractivity contribution in [3.63, 3.8) is 0 Å². The Labute approximate surface area is 153 Å². The number of aromatic nitrogens is 3. The third-order valence-electron chi connectivity index (χ3n) is 5.18. The molecule has 0 atom stereocenters. The monoisotopic (exact) mass is 354 g/mol. The van der Waals surface area contributed by atoms with Crippen LogP contribution in [0.5, 0.6) is 0 Å². The number of rotatable bonds is 4. The van der Waals surface area contributed by atoms with Crippen LogP contribution in [0.15, 0.2) is 36.7 Å². The Morgan fingerprint density at radius 2 is 1.88 bits per heavy atom. The van der Waals surface area contributed by atoms with Crippen molar-refractivity contribution in [1.82, 2.24) is 19.4 Å². The van der Waals surface area contributed by atoms with Gasteiger partial charge in [-0.05, 0) is 37.6 Å². The molecule has 1 aliphatic rings. The number of hydrogen-bond acceptors (Lipinski definition) is 3. The zero-order valence-corrected chi connectivity index (χ0v) is 15.3. The van der Waals surface area contributed by atoms with E-state index < -0.39 is 0 Å². The number of aryl methyl sites for hydroxylation is 1. The molecule has 0 aliphatic carbocycles. The Bertz CT molecular complexity index is 881. The molecule has 1 saturated heterocycles. The Kier molecular flexibility index (Phi) is 4.73. The van der Waals surface area contributed by atoms with E-state index in [2.05, 4.69) is 50.7 Å². The molecule has 0 amide bonds. The van der Waals surface area contributed by atoms with Gasteiger partial charge in [-0.25, -0.2) is 4.98 Å². The van der Waals surface area contributed by atoms with Crippen molar-refractivity contribution in [2.24, 2.45) is 7.05 Å². The summed E-state index contributed by atoms with van der Waals surface area (Å²) in [6, 6.07) is 8.67. The van der Waals surface area contributed by atoms with Crippen molar-refractivity contribution in [2.75, 3.05) is 13.1 Å². The van der Waals surface area contributed by atoms with Gasteiger partial charge in [-0.1, -0.05) is 36.2 Å². The van der Waals surface area contributed by atoms with E-state index in [0.717, 1.165) is 18.7 Å². The van der Waals surface area contributed by atoms with Crippen LogP contribution in [0, 0.1) is 0 Å². The Morgan fingerprint density at radius 1 is 1.08 bits per heavy atom. The first kappa shape index (κ1) is 16.6. The molecule has 0 saturated carbocycles. The van der Waals surface area contributed by atoms with Gasteiger partial charge in [0.25, 0.3) is 0 Å². The van der Waals surface area contributed by atoms with Crippen LogP contribution in [0.4, 0.5) is 0 Å². The molecular weight excluding hydrogens is 332 g/mol. The van der Waals surface area contributed by atoms with Crippen molar-refractivity contribution < 1.29 is 0 Å². The lowest BCUT2D eigenvalue weighted by Gasteiger charge is -2.26. The summed E-state index contributed by atoms with van der Waals surface area (Å²) >= 11 is 6.04. The Morgan fingerprint density at radius 3 is 2.68 bits per heavy atom. The first-order chi connectivity index (χ1) is 12.2. The van der Waals surface area contributed by atoms with E-state index in [0.29, 0.717) is 5.15 Å². The highest BCUT2D eigenvalue weighted by Crippen LogP contribution is 2.29. The number of halogens is 1. The predicted molar refractivity (Wildman–Crippen MR) is 102 cm³/mol. The second-order valence-corrected chi connectivity index (χ2v) is 7.24. The summed E-state index contributed by atoms with van der Waals surface area (Å²) in [6.45, 7) is 3.39. The lowest BCUT2D eigenvalue weighted by molar-refractivity contribution is 0.221. The van der Waals surface area contributed by atoms with Gasteiger partial charge in [-0.2, -0.15) is 0 Å². The number of hydrogen-bond donors (Lipinski definition) is 0. The molecule has 0 N–H and O–H groups in total. The van der Waals surface area contributed by atoms with E-state index >= 15 is 0 Å². The lowest BCUT2D eigenvalue weighted by atomic mass is 10.1. The van der Waals surface area contributed by atoms with E-state index in [9.17, 15) is 0 Å². The van der Waals surface area contributed by atoms with Gasteiger partial charge < -0.3 is 4.57 Å². The predicted octanol–water partition coefficient (Wildman–Crippen LogP) is 4.20. The Balaban J connectivity index is 1.75. The maximum absolute atomic E-state index is 6.04. The molecule has 130 valence electrons. The van der Waals surface area contributed by atoms with Crippen LogP contribution in [0.2, 0.25) is 5.15 Å². The Hall–Kier alpha value is -1.91. The van der Waals surface area contributed by atoms with E-state index in [1.54, 1.807) is 6.20 Å². The average molecular weight is 355 g/mol. The van der Waals surface area contributed by atoms with Gasteiger partial charge in [0.1, 0.15) is 5.15 Å². The van der Waals surface area contributed by atoms with Crippen molar-refractivity contribution in [3.8, 4) is 0 Å². The van der Waals surface area contributed by atoms with Crippen LogP contribution >= 0.6 is 11.6 Å². The molecule has 5 heteroatoms. The molecule has 0 unspecified atom stereocenters. The third-order valence-corrected chi connectivity index (χ3v) is 5.36. The van der Waals surface area contributed by atoms with Crippen LogP contribution in [0.3, 0.4) is 0 Å². The topological polar surface area (TPSA) is 34.0 Å². The van der Waals surface area contributed by atoms with E-state index in [-0.39, 0.29) is 0 Å². The van der Waals surface area contributed by atoms with Gasteiger partial charge in [0.2, 0.25) is 0 Å². The van der Waals surface area contributed by atoms with Crippen molar-refractivity contribution in [3.05, 3.63) is 58.8 Å². The van der Waals surface area contributed by atoms with Crippen molar-refractivity contribution in [2.45, 2.75) is 32.2 Å². The van der Waals surface area contributed by atoms with Crippen LogP contribution in [-0.4, -0.2) is 32.5 Å². The van der Waals surface area contributed by atoms with Crippen LogP contribution in [0.1, 0.15) is 36.2 Å². The van der Waals surface area contributed by atoms with E-state index in [1.165, 1.54) is 54.5 Å². The molecule has 25 heavy (non-hydrogen) atoms. The fourth-order valence-corrected chi connectivity index (χ4v) is 4.07. The maximum Gasteiger partial charge on any atom is 0.147 e. The van der Waals surface area contributed by atoms with Gasteiger partial charge in [0.15, 0.2) is 0 Å². The highest BCUT2D eigenvalue weighted by molar-refractivity contribution is 6.29. The SMILES string of the molecule is Cn1c(Cc2cncc(Cl)n2)c(CN2CCCCC2)c2ccccc21. The largest absolute Gasteiger partial charge is 0.347 e. The van der Waals surface area contributed by atoms with E-state index in [1.807, 2.05) is 6.20 Å². The van der Waals surface area contributed by atoms with Gasteiger partial charge in [0, 0.05) is 42.8 Å². The van der Waals surface area contributed by atoms with Crippen LogP contribution in [0.25, 0.3) is 10.9 Å². The fourth-order valence-electron chi connectivity index (χ4n) is 3.90. The van der Waals surface area contributed by atoms with Crippen LogP contribution < -0.4 is 0 Å². The highest BCUT2D eigenvalue weighted by Gasteiger charge is 2.19. The first-order valence-electron chi connectivity index (χ1n) is 8.96. The zero-order chi connectivity index (χ0) is 17.2. The normalized spacial score (nSPS) is 15.8. The summed E-state index contributed by atoms with van der Waals surface area (Å²) in [5.74, 6) is 0. The zero-order valence-electron chi connectivity index (χ0n) is 14.6. The molecule has 0 bridgehead atoms. The maximum atomic E-state index is 6.04. The van der Waals surface area contributed by atoms with Crippen molar-refractivity contribution in [1.29, 1.82) is 0 Å². The summed E-state index contributed by atoms with van der Waals surface area (Å²) < 4.78 is 2.30. The number of nitrogens with zero attached hydrogens (tertiary/aromatic N) is 4. The van der Waals surface area contributed by atoms with Gasteiger partial charge in [-0.15, -0.1) is 0 Å². The molecule has 4 nitrogen and oxygen atoms in total. The fraction of sp³-hybridized carbons (Fsp3) is 0.400. The minimum Gasteiger partial charge on any atom is -0.347 e. The number of piperidine rings is 1. The number of benzene rings is 1. The number of para-hydroxylation sites is 1. The molecule has 3 heterocycles. The van der Waals surface area contributed by atoms with Crippen molar-refractivity contribution >= 4 is 22.5 Å². The molecule has 2 aromatic heterocycles. The molecule has 0 spiro atoms. The highest BCUT2D eigenvalue weighted by atomic mass is 35.5. The molecule has 4 rings (SSSR count). The average Bonchev–Trinajstić information content (AvgIpc) is 2.89. The van der Waals surface area contributed by atoms with Gasteiger partial charge in [-0.3, -0.25) is 9.88 Å². The van der Waals surface area contributed by atoms with Crippen LogP contribution in [-0.2, 0) is 20.0 Å². The van der Waals surface area contributed by atoms with E-state index in [4.69, 9.17) is 11.6 Å². The van der Waals surface area contributed by atoms with Gasteiger partial charge >= 0.3 is 0 Å². The number of fused-ring (bicyclic) bond motifs is 1. The smallest absolute Gasteiger partial charge is 0.147 e. The molecule has 1 aromatic carbocycles. The minimum absolute atomic E-state index is 0.453. The first-order valence-corrected chi connectivity index (χ1v) is 9.34. The second kappa shape index (κ2) is 7.14. The summed E-state index contributed by atoms with van der Waals surface area (Å²) in [4.78, 5) is 11.2. The molecule has 1 fully saturated rings. The molecular formula is C20H23ClN4. The molecule has 1 aliphatic heterocycles. The summed E-state index contributed by atoms with van der Waals surface area (Å²) in [7, 11) is 2.15. The summed E-state index contributed by atoms with van der Waals surface area (Å²) in [6.07, 6.45) is 8.12. The minimum atomic E-state index is 0.453. The standard InChI is InChI=1S/C20H23ClN4/c1-24-18-8-4-3-7-16(18)17(14-25-9-5-2-6-10-25)19(24)11-15-12-22-13-20(21)23-15/h3-4,7-8,12-13H,2,5-6,9-11,14H2,1H3. The van der Waals surface area contributed by atoms with Gasteiger partial charge in [0.05, 0.1) is 11.9 Å². The second-order valence-electron chi connectivity index (χ2n) is 6.85. The lowest BCUT2D eigenvalue weighted by Crippen LogP contribution is -2.29. The summed E-state index contributed by atoms with van der Waals surface area (Å²) in [5, 5.41) is 1.80. The molecule has 3 aromatic rings. The quantitative estimate of drug-likeness (QED) is 0.704. The molecule has 0 radical (unpaired) electrons.